The number of halogens is 6. The molecule has 0 spiro atoms. The molecule has 32 heavy (non-hydrogen) atoms. The van der Waals surface area contributed by atoms with Gasteiger partial charge in [-0.3, -0.25) is 14.4 Å². The molecule has 0 aliphatic carbocycles. The Morgan fingerprint density at radius 3 is 1.97 bits per heavy atom. The molecule has 0 bridgehead atoms. The van der Waals surface area contributed by atoms with Gasteiger partial charge < -0.3 is 20.8 Å². The first kappa shape index (κ1) is 25.2. The zero-order valence-corrected chi connectivity index (χ0v) is 16.6. The Hall–Kier alpha value is -3.05. The SMILES string of the molecule is CON(C)S(=O)(=O)c1c(O)ccc(Nc2c(NC(C(F)(F)F)C(F)(F)F)c(=O)c2=O)c1O. The van der Waals surface area contributed by atoms with Crippen molar-refractivity contribution in [2.45, 2.75) is 23.3 Å². The molecule has 0 heterocycles. The van der Waals surface area contributed by atoms with E-state index in [1.54, 1.807) is 0 Å². The zero-order valence-electron chi connectivity index (χ0n) is 15.8. The molecule has 10 nitrogen and oxygen atoms in total. The maximum Gasteiger partial charge on any atom is 0.417 e. The molecule has 0 saturated carbocycles. The van der Waals surface area contributed by atoms with Crippen LogP contribution in [0.1, 0.15) is 0 Å². The molecule has 4 N–H and O–H groups in total. The second-order valence-corrected chi connectivity index (χ2v) is 7.97. The lowest BCUT2D eigenvalue weighted by atomic mass is 10.1. The first-order valence-electron chi connectivity index (χ1n) is 8.02. The van der Waals surface area contributed by atoms with Crippen molar-refractivity contribution in [1.82, 2.24) is 4.47 Å². The van der Waals surface area contributed by atoms with Gasteiger partial charge in [0, 0.05) is 7.05 Å². The van der Waals surface area contributed by atoms with E-state index in [-0.39, 0.29) is 4.47 Å². The molecule has 0 aromatic heterocycles. The van der Waals surface area contributed by atoms with Crippen LogP contribution in [0.4, 0.5) is 43.4 Å². The van der Waals surface area contributed by atoms with Gasteiger partial charge in [-0.25, -0.2) is 8.42 Å². The fourth-order valence-electron chi connectivity index (χ4n) is 2.42. The van der Waals surface area contributed by atoms with Gasteiger partial charge in [-0.2, -0.15) is 26.3 Å². The summed E-state index contributed by atoms with van der Waals surface area (Å²) >= 11 is 0. The lowest BCUT2D eigenvalue weighted by molar-refractivity contribution is -0.242. The number of nitrogens with one attached hydrogen (secondary N) is 2. The molecule has 178 valence electrons. The van der Waals surface area contributed by atoms with Crippen molar-refractivity contribution in [3.63, 3.8) is 0 Å². The maximum absolute atomic E-state index is 12.7. The van der Waals surface area contributed by atoms with Crippen molar-refractivity contribution >= 4 is 27.1 Å². The summed E-state index contributed by atoms with van der Waals surface area (Å²) < 4.78 is 101. The van der Waals surface area contributed by atoms with Crippen molar-refractivity contribution in [1.29, 1.82) is 0 Å². The van der Waals surface area contributed by atoms with Crippen molar-refractivity contribution in [2.75, 3.05) is 24.8 Å². The van der Waals surface area contributed by atoms with Gasteiger partial charge in [-0.05, 0) is 12.1 Å². The lowest BCUT2D eigenvalue weighted by Crippen LogP contribution is -2.51. The molecule has 0 aliphatic rings. The molecule has 17 heteroatoms. The topological polar surface area (TPSA) is 145 Å². The molecule has 2 rings (SSSR count). The predicted molar refractivity (Wildman–Crippen MR) is 95.9 cm³/mol. The molecule has 0 saturated heterocycles. The Balaban J connectivity index is 2.53. The highest BCUT2D eigenvalue weighted by Gasteiger charge is 2.57. The third-order valence-electron chi connectivity index (χ3n) is 4.08. The Morgan fingerprint density at radius 2 is 1.50 bits per heavy atom. The van der Waals surface area contributed by atoms with E-state index in [1.807, 2.05) is 5.32 Å². The summed E-state index contributed by atoms with van der Waals surface area (Å²) in [5.74, 6) is -2.27. The van der Waals surface area contributed by atoms with Crippen LogP contribution >= 0.6 is 0 Å². The number of hydroxylamine groups is 1. The number of rotatable bonds is 7. The summed E-state index contributed by atoms with van der Waals surface area (Å²) in [5, 5.41) is 22.8. The third-order valence-corrected chi connectivity index (χ3v) is 5.82. The second-order valence-electron chi connectivity index (χ2n) is 6.10. The molecule has 0 radical (unpaired) electrons. The van der Waals surface area contributed by atoms with Crippen LogP contribution in [0.5, 0.6) is 11.5 Å². The minimum Gasteiger partial charge on any atom is -0.506 e. The van der Waals surface area contributed by atoms with Crippen LogP contribution < -0.4 is 21.5 Å². The van der Waals surface area contributed by atoms with E-state index in [2.05, 4.69) is 4.84 Å². The monoisotopic (exact) mass is 493 g/mol. The van der Waals surface area contributed by atoms with E-state index in [0.717, 1.165) is 25.5 Å². The van der Waals surface area contributed by atoms with Gasteiger partial charge >= 0.3 is 12.4 Å². The molecule has 2 aromatic carbocycles. The first-order valence-corrected chi connectivity index (χ1v) is 9.46. The number of hydrogen-bond donors (Lipinski definition) is 4. The van der Waals surface area contributed by atoms with Gasteiger partial charge in [0.25, 0.3) is 20.9 Å². The van der Waals surface area contributed by atoms with Crippen LogP contribution in [0.2, 0.25) is 0 Å². The largest absolute Gasteiger partial charge is 0.506 e. The third kappa shape index (κ3) is 4.44. The van der Waals surface area contributed by atoms with Gasteiger partial charge in [-0.15, -0.1) is 0 Å². The molecule has 0 atom stereocenters. The van der Waals surface area contributed by atoms with Crippen molar-refractivity contribution < 1.29 is 49.8 Å². The number of phenolic OH excluding ortho intramolecular Hbond substituents is 2. The Labute approximate surface area is 174 Å². The number of hydrogen-bond acceptors (Lipinski definition) is 9. The zero-order chi connectivity index (χ0) is 24.8. The maximum atomic E-state index is 12.7. The van der Waals surface area contributed by atoms with Crippen LogP contribution in [0.25, 0.3) is 0 Å². The summed E-state index contributed by atoms with van der Waals surface area (Å²) in [7, 11) is -2.90. The fraction of sp³-hybridized carbons (Fsp3) is 0.333. The molecular weight excluding hydrogens is 480 g/mol. The van der Waals surface area contributed by atoms with E-state index >= 15 is 0 Å². The number of alkyl halides is 6. The number of aromatic hydroxyl groups is 2. The standard InChI is InChI=1S/C15H13F6N3O7S/c1-24(31-2)32(29,30)12-6(25)4-3-5(9(12)26)22-7-8(11(28)10(7)27)23-13(14(16,17)18)15(19,20)21/h3-4,13,22-23,25-26H,1-2H3. The summed E-state index contributed by atoms with van der Waals surface area (Å²) in [6, 6.07) is -2.76. The van der Waals surface area contributed by atoms with Crippen molar-refractivity contribution in [2.24, 2.45) is 0 Å². The average molecular weight is 493 g/mol. The first-order chi connectivity index (χ1) is 14.4. The van der Waals surface area contributed by atoms with E-state index in [0.29, 0.717) is 6.07 Å². The van der Waals surface area contributed by atoms with Gasteiger partial charge in [0.15, 0.2) is 10.6 Å². The van der Waals surface area contributed by atoms with Crippen LogP contribution in [0.3, 0.4) is 0 Å². The number of anilines is 3. The van der Waals surface area contributed by atoms with Gasteiger partial charge in [0.1, 0.15) is 17.1 Å². The second kappa shape index (κ2) is 8.14. The number of nitrogens with zero attached hydrogens (tertiary/aromatic N) is 1. The number of phenols is 2. The van der Waals surface area contributed by atoms with Gasteiger partial charge in [0.2, 0.25) is 6.04 Å². The summed E-state index contributed by atoms with van der Waals surface area (Å²) in [5.41, 5.74) is -6.48. The van der Waals surface area contributed by atoms with Crippen LogP contribution in [0, 0.1) is 0 Å². The molecule has 0 fully saturated rings. The highest BCUT2D eigenvalue weighted by Crippen LogP contribution is 2.41. The highest BCUT2D eigenvalue weighted by atomic mass is 32.2. The van der Waals surface area contributed by atoms with Gasteiger partial charge in [0.05, 0.1) is 12.8 Å². The smallest absolute Gasteiger partial charge is 0.417 e. The average Bonchev–Trinajstić information content (AvgIpc) is 2.65. The van der Waals surface area contributed by atoms with E-state index in [9.17, 15) is 54.6 Å². The van der Waals surface area contributed by atoms with E-state index < -0.39 is 72.7 Å². The van der Waals surface area contributed by atoms with Crippen LogP contribution in [-0.4, -0.2) is 55.7 Å². The minimum atomic E-state index is -5.89. The normalized spacial score (nSPS) is 13.2. The summed E-state index contributed by atoms with van der Waals surface area (Å²) in [6.45, 7) is 0. The van der Waals surface area contributed by atoms with E-state index in [1.165, 1.54) is 0 Å². The molecule has 2 aromatic rings. The Morgan fingerprint density at radius 1 is 1.00 bits per heavy atom. The predicted octanol–water partition coefficient (Wildman–Crippen LogP) is 1.52. The summed E-state index contributed by atoms with van der Waals surface area (Å²) in [6.07, 6.45) is -11.8. The summed E-state index contributed by atoms with van der Waals surface area (Å²) in [4.78, 5) is 26.6. The molecule has 0 unspecified atom stereocenters. The molecular formula is C15H13F6N3O7S. The lowest BCUT2D eigenvalue weighted by Gasteiger charge is -2.26. The molecule has 0 amide bonds. The quantitative estimate of drug-likeness (QED) is 0.148. The minimum absolute atomic E-state index is 0.215. The van der Waals surface area contributed by atoms with Crippen molar-refractivity contribution in [3.8, 4) is 11.5 Å². The Bertz CT molecular complexity index is 1190. The highest BCUT2D eigenvalue weighted by molar-refractivity contribution is 7.89. The fourth-order valence-corrected chi connectivity index (χ4v) is 3.56. The Kier molecular flexibility index (Phi) is 6.41. The number of sulfonamides is 1. The molecule has 0 aliphatic heterocycles. The van der Waals surface area contributed by atoms with E-state index in [4.69, 9.17) is 0 Å². The van der Waals surface area contributed by atoms with Crippen molar-refractivity contribution in [3.05, 3.63) is 32.6 Å². The van der Waals surface area contributed by atoms with Crippen LogP contribution in [0.15, 0.2) is 26.6 Å². The van der Waals surface area contributed by atoms with Gasteiger partial charge in [-0.1, -0.05) is 4.47 Å². The number of benzene rings is 1. The van der Waals surface area contributed by atoms with Crippen LogP contribution in [-0.2, 0) is 14.9 Å².